The standard InChI is InChI=1S/C16H25BrN4/c1-16(2,3)15-18-13(17)10-14(19-15)21-8-6-20(7-9-21)11-12-4-5-12/h10,12H,4-9,11H2,1-3H3. The second-order valence-electron chi connectivity index (χ2n) is 7.35. The lowest BCUT2D eigenvalue weighted by Gasteiger charge is -2.35. The minimum Gasteiger partial charge on any atom is -0.354 e. The molecule has 21 heavy (non-hydrogen) atoms. The smallest absolute Gasteiger partial charge is 0.137 e. The van der Waals surface area contributed by atoms with Gasteiger partial charge in [-0.2, -0.15) is 0 Å². The van der Waals surface area contributed by atoms with Crippen molar-refractivity contribution in [3.8, 4) is 0 Å². The Morgan fingerprint density at radius 3 is 2.38 bits per heavy atom. The van der Waals surface area contributed by atoms with Gasteiger partial charge in [-0.1, -0.05) is 20.8 Å². The van der Waals surface area contributed by atoms with Gasteiger partial charge in [0.1, 0.15) is 16.2 Å². The fourth-order valence-corrected chi connectivity index (χ4v) is 3.10. The molecule has 1 aliphatic carbocycles. The summed E-state index contributed by atoms with van der Waals surface area (Å²) in [5, 5.41) is 0. The van der Waals surface area contributed by atoms with Crippen LogP contribution in [0.1, 0.15) is 39.4 Å². The summed E-state index contributed by atoms with van der Waals surface area (Å²) in [5.41, 5.74) is -0.0215. The molecule has 0 radical (unpaired) electrons. The highest BCUT2D eigenvalue weighted by atomic mass is 79.9. The zero-order valence-electron chi connectivity index (χ0n) is 13.3. The van der Waals surface area contributed by atoms with E-state index < -0.39 is 0 Å². The van der Waals surface area contributed by atoms with Gasteiger partial charge in [-0.15, -0.1) is 0 Å². The van der Waals surface area contributed by atoms with E-state index in [1.807, 2.05) is 6.07 Å². The third kappa shape index (κ3) is 3.95. The van der Waals surface area contributed by atoms with Crippen molar-refractivity contribution in [2.24, 2.45) is 5.92 Å². The average molecular weight is 353 g/mol. The molecule has 1 aromatic heterocycles. The van der Waals surface area contributed by atoms with Crippen molar-refractivity contribution in [1.82, 2.24) is 14.9 Å². The van der Waals surface area contributed by atoms with Crippen LogP contribution in [0.3, 0.4) is 0 Å². The van der Waals surface area contributed by atoms with Crippen LogP contribution in [0.4, 0.5) is 5.82 Å². The zero-order chi connectivity index (χ0) is 15.0. The molecule has 0 atom stereocenters. The van der Waals surface area contributed by atoms with Gasteiger partial charge in [0.05, 0.1) is 0 Å². The van der Waals surface area contributed by atoms with Crippen LogP contribution in [0.15, 0.2) is 10.7 Å². The Labute approximate surface area is 136 Å². The van der Waals surface area contributed by atoms with Crippen LogP contribution in [0.2, 0.25) is 0 Å². The van der Waals surface area contributed by atoms with Crippen LogP contribution < -0.4 is 4.90 Å². The number of anilines is 1. The largest absolute Gasteiger partial charge is 0.354 e. The quantitative estimate of drug-likeness (QED) is 0.782. The molecule has 1 aromatic rings. The summed E-state index contributed by atoms with van der Waals surface area (Å²) in [6, 6.07) is 2.05. The van der Waals surface area contributed by atoms with E-state index in [9.17, 15) is 0 Å². The number of halogens is 1. The van der Waals surface area contributed by atoms with Gasteiger partial charge in [0.2, 0.25) is 0 Å². The maximum atomic E-state index is 4.79. The first-order valence-electron chi connectivity index (χ1n) is 7.94. The maximum absolute atomic E-state index is 4.79. The Kier molecular flexibility index (Phi) is 4.23. The minimum atomic E-state index is -0.0215. The van der Waals surface area contributed by atoms with Gasteiger partial charge < -0.3 is 4.90 Å². The number of nitrogens with zero attached hydrogens (tertiary/aromatic N) is 4. The van der Waals surface area contributed by atoms with Crippen molar-refractivity contribution < 1.29 is 0 Å². The molecule has 116 valence electrons. The Bertz CT molecular complexity index is 499. The van der Waals surface area contributed by atoms with Crippen molar-refractivity contribution in [3.05, 3.63) is 16.5 Å². The van der Waals surface area contributed by atoms with E-state index in [-0.39, 0.29) is 5.41 Å². The molecule has 2 heterocycles. The van der Waals surface area contributed by atoms with Crippen molar-refractivity contribution in [2.75, 3.05) is 37.6 Å². The van der Waals surface area contributed by atoms with Crippen LogP contribution in [0.5, 0.6) is 0 Å². The minimum absolute atomic E-state index is 0.0215. The molecule has 0 N–H and O–H groups in total. The van der Waals surface area contributed by atoms with E-state index in [4.69, 9.17) is 4.98 Å². The van der Waals surface area contributed by atoms with Gasteiger partial charge >= 0.3 is 0 Å². The molecule has 1 aliphatic heterocycles. The molecule has 2 fully saturated rings. The van der Waals surface area contributed by atoms with Crippen molar-refractivity contribution in [2.45, 2.75) is 39.0 Å². The number of aromatic nitrogens is 2. The highest BCUT2D eigenvalue weighted by Crippen LogP contribution is 2.30. The van der Waals surface area contributed by atoms with Crippen LogP contribution in [0, 0.1) is 5.92 Å². The predicted molar refractivity (Wildman–Crippen MR) is 89.8 cm³/mol. The molecule has 4 nitrogen and oxygen atoms in total. The maximum Gasteiger partial charge on any atom is 0.137 e. The molecule has 0 amide bonds. The Morgan fingerprint density at radius 2 is 1.81 bits per heavy atom. The molecular weight excluding hydrogens is 328 g/mol. The predicted octanol–water partition coefficient (Wildman–Crippen LogP) is 3.07. The Morgan fingerprint density at radius 1 is 1.14 bits per heavy atom. The summed E-state index contributed by atoms with van der Waals surface area (Å²) in [7, 11) is 0. The van der Waals surface area contributed by atoms with Gasteiger partial charge in [0.25, 0.3) is 0 Å². The fraction of sp³-hybridized carbons (Fsp3) is 0.750. The van der Waals surface area contributed by atoms with Gasteiger partial charge in [-0.25, -0.2) is 9.97 Å². The van der Waals surface area contributed by atoms with Gasteiger partial charge in [0, 0.05) is 44.2 Å². The van der Waals surface area contributed by atoms with E-state index in [0.29, 0.717) is 0 Å². The number of hydrogen-bond donors (Lipinski definition) is 0. The Hall–Kier alpha value is -0.680. The molecule has 3 rings (SSSR count). The fourth-order valence-electron chi connectivity index (χ4n) is 2.73. The summed E-state index contributed by atoms with van der Waals surface area (Å²) >= 11 is 3.54. The van der Waals surface area contributed by atoms with Crippen LogP contribution in [-0.2, 0) is 5.41 Å². The number of hydrogen-bond acceptors (Lipinski definition) is 4. The van der Waals surface area contributed by atoms with Crippen LogP contribution in [0.25, 0.3) is 0 Å². The lowest BCUT2D eigenvalue weighted by atomic mass is 9.96. The second kappa shape index (κ2) is 5.84. The van der Waals surface area contributed by atoms with Gasteiger partial charge in [-0.05, 0) is 34.7 Å². The van der Waals surface area contributed by atoms with Gasteiger partial charge in [0.15, 0.2) is 0 Å². The first-order valence-corrected chi connectivity index (χ1v) is 8.73. The summed E-state index contributed by atoms with van der Waals surface area (Å²) in [4.78, 5) is 14.3. The molecule has 5 heteroatoms. The lowest BCUT2D eigenvalue weighted by molar-refractivity contribution is 0.247. The average Bonchev–Trinajstić information content (AvgIpc) is 3.22. The van der Waals surface area contributed by atoms with Crippen molar-refractivity contribution >= 4 is 21.7 Å². The summed E-state index contributed by atoms with van der Waals surface area (Å²) in [5.74, 6) is 2.96. The summed E-state index contributed by atoms with van der Waals surface area (Å²) < 4.78 is 0.887. The molecular formula is C16H25BrN4. The van der Waals surface area contributed by atoms with E-state index >= 15 is 0 Å². The van der Waals surface area contributed by atoms with E-state index in [1.54, 1.807) is 0 Å². The van der Waals surface area contributed by atoms with E-state index in [2.05, 4.69) is 51.5 Å². The molecule has 0 spiro atoms. The molecule has 2 aliphatic rings. The first-order chi connectivity index (χ1) is 9.91. The van der Waals surface area contributed by atoms with Crippen LogP contribution in [-0.4, -0.2) is 47.6 Å². The normalized spacial score (nSPS) is 20.9. The highest BCUT2D eigenvalue weighted by Gasteiger charge is 2.27. The molecule has 0 bridgehead atoms. The second-order valence-corrected chi connectivity index (χ2v) is 8.17. The monoisotopic (exact) mass is 352 g/mol. The zero-order valence-corrected chi connectivity index (χ0v) is 14.9. The number of piperazine rings is 1. The third-order valence-corrected chi connectivity index (χ3v) is 4.67. The topological polar surface area (TPSA) is 32.3 Å². The summed E-state index contributed by atoms with van der Waals surface area (Å²) in [6.45, 7) is 12.2. The van der Waals surface area contributed by atoms with Crippen molar-refractivity contribution in [1.29, 1.82) is 0 Å². The SMILES string of the molecule is CC(C)(C)c1nc(Br)cc(N2CCN(CC3CC3)CC2)n1. The highest BCUT2D eigenvalue weighted by molar-refractivity contribution is 9.10. The number of rotatable bonds is 3. The van der Waals surface area contributed by atoms with E-state index in [0.717, 1.165) is 48.3 Å². The van der Waals surface area contributed by atoms with Gasteiger partial charge in [-0.3, -0.25) is 4.90 Å². The molecule has 1 saturated heterocycles. The lowest BCUT2D eigenvalue weighted by Crippen LogP contribution is -2.47. The summed E-state index contributed by atoms with van der Waals surface area (Å²) in [6.07, 6.45) is 2.88. The molecule has 1 saturated carbocycles. The molecule has 0 aromatic carbocycles. The van der Waals surface area contributed by atoms with E-state index in [1.165, 1.54) is 19.4 Å². The van der Waals surface area contributed by atoms with Crippen molar-refractivity contribution in [3.63, 3.8) is 0 Å². The third-order valence-electron chi connectivity index (χ3n) is 4.26. The first kappa shape index (κ1) is 15.2. The Balaban J connectivity index is 1.68. The van der Waals surface area contributed by atoms with Crippen LogP contribution >= 0.6 is 15.9 Å². The molecule has 0 unspecified atom stereocenters.